The van der Waals surface area contributed by atoms with E-state index in [1.165, 1.54) is 0 Å². The summed E-state index contributed by atoms with van der Waals surface area (Å²) in [6.45, 7) is 5.40. The van der Waals surface area contributed by atoms with Crippen molar-refractivity contribution in [2.75, 3.05) is 46.6 Å². The van der Waals surface area contributed by atoms with Crippen molar-refractivity contribution in [1.29, 1.82) is 0 Å². The Kier molecular flexibility index (Phi) is 7.16. The van der Waals surface area contributed by atoms with Gasteiger partial charge in [0.05, 0.1) is 19.3 Å². The van der Waals surface area contributed by atoms with Crippen molar-refractivity contribution in [1.82, 2.24) is 4.90 Å². The maximum absolute atomic E-state index is 11.0. The van der Waals surface area contributed by atoms with Gasteiger partial charge in [-0.3, -0.25) is 0 Å². The van der Waals surface area contributed by atoms with Crippen molar-refractivity contribution in [2.24, 2.45) is 0 Å². The summed E-state index contributed by atoms with van der Waals surface area (Å²) in [5, 5.41) is 0. The highest BCUT2D eigenvalue weighted by atomic mass is 16.6. The van der Waals surface area contributed by atoms with Gasteiger partial charge in [-0.1, -0.05) is 0 Å². The molecule has 1 fully saturated rings. The molecule has 0 N–H and O–H groups in total. The number of esters is 1. The van der Waals surface area contributed by atoms with E-state index in [4.69, 9.17) is 14.2 Å². The summed E-state index contributed by atoms with van der Waals surface area (Å²) in [7, 11) is 2.04. The second-order valence-corrected chi connectivity index (χ2v) is 4.25. The Morgan fingerprint density at radius 3 is 3.00 bits per heavy atom. The summed E-state index contributed by atoms with van der Waals surface area (Å²) in [5.74, 6) is -0.297. The normalized spacial score (nSPS) is 19.8. The number of ether oxygens (including phenoxy) is 3. The molecule has 1 aliphatic heterocycles. The number of nitrogens with zero attached hydrogens (tertiary/aromatic N) is 1. The van der Waals surface area contributed by atoms with Crippen LogP contribution in [0.3, 0.4) is 0 Å². The molecule has 1 heterocycles. The Bertz CT molecular complexity index is 217. The molecule has 0 amide bonds. The molecule has 100 valence electrons. The fourth-order valence-electron chi connectivity index (χ4n) is 1.81. The lowest BCUT2D eigenvalue weighted by molar-refractivity contribution is -0.148. The zero-order valence-corrected chi connectivity index (χ0v) is 10.8. The zero-order valence-electron chi connectivity index (χ0n) is 10.8. The van der Waals surface area contributed by atoms with Gasteiger partial charge in [-0.25, -0.2) is 4.79 Å². The molecule has 1 atom stereocenters. The van der Waals surface area contributed by atoms with Crippen molar-refractivity contribution < 1.29 is 19.0 Å². The molecular formula is C12H23NO4. The molecule has 5 heteroatoms. The lowest BCUT2D eigenvalue weighted by Crippen LogP contribution is -2.31. The van der Waals surface area contributed by atoms with Crippen LogP contribution in [0, 0.1) is 0 Å². The first kappa shape index (κ1) is 14.4. The van der Waals surface area contributed by atoms with E-state index >= 15 is 0 Å². The molecule has 1 unspecified atom stereocenters. The molecule has 0 bridgehead atoms. The van der Waals surface area contributed by atoms with Crippen molar-refractivity contribution in [3.8, 4) is 0 Å². The number of likely N-dealkylation sites (N-methyl/N-ethyl adjacent to an activating group) is 1. The highest BCUT2D eigenvalue weighted by Gasteiger charge is 2.16. The minimum atomic E-state index is -0.297. The van der Waals surface area contributed by atoms with Crippen LogP contribution in [0.15, 0.2) is 0 Å². The summed E-state index contributed by atoms with van der Waals surface area (Å²) < 4.78 is 15.5. The van der Waals surface area contributed by atoms with E-state index in [9.17, 15) is 4.79 Å². The molecular weight excluding hydrogens is 222 g/mol. The third-order valence-corrected chi connectivity index (χ3v) is 2.68. The smallest absolute Gasteiger partial charge is 0.332 e. The van der Waals surface area contributed by atoms with E-state index in [0.717, 1.165) is 32.5 Å². The molecule has 0 aromatic heterocycles. The highest BCUT2D eigenvalue weighted by molar-refractivity contribution is 5.70. The van der Waals surface area contributed by atoms with Gasteiger partial charge in [-0.2, -0.15) is 0 Å². The fraction of sp³-hybridized carbons (Fsp3) is 0.917. The van der Waals surface area contributed by atoms with E-state index in [1.54, 1.807) is 6.92 Å². The van der Waals surface area contributed by atoms with Gasteiger partial charge in [0.1, 0.15) is 6.61 Å². The molecule has 0 saturated carbocycles. The monoisotopic (exact) mass is 245 g/mol. The highest BCUT2D eigenvalue weighted by Crippen LogP contribution is 2.12. The summed E-state index contributed by atoms with van der Waals surface area (Å²) >= 11 is 0. The van der Waals surface area contributed by atoms with Gasteiger partial charge < -0.3 is 19.1 Å². The van der Waals surface area contributed by atoms with Crippen LogP contribution in [-0.4, -0.2) is 63.5 Å². The molecule has 0 aliphatic carbocycles. The van der Waals surface area contributed by atoms with Crippen molar-refractivity contribution in [3.63, 3.8) is 0 Å². The SMILES string of the molecule is CCOC(=O)COCCN(C)CC1CCCO1. The Morgan fingerprint density at radius 1 is 1.53 bits per heavy atom. The van der Waals surface area contributed by atoms with Gasteiger partial charge in [-0.15, -0.1) is 0 Å². The first-order chi connectivity index (χ1) is 8.22. The zero-order chi connectivity index (χ0) is 12.5. The third-order valence-electron chi connectivity index (χ3n) is 2.68. The molecule has 5 nitrogen and oxygen atoms in total. The summed E-state index contributed by atoms with van der Waals surface area (Å²) in [6, 6.07) is 0. The van der Waals surface area contributed by atoms with Crippen LogP contribution < -0.4 is 0 Å². The lowest BCUT2D eigenvalue weighted by atomic mass is 10.2. The Hall–Kier alpha value is -0.650. The van der Waals surface area contributed by atoms with Crippen LogP contribution in [0.5, 0.6) is 0 Å². The molecule has 1 saturated heterocycles. The van der Waals surface area contributed by atoms with Gasteiger partial charge in [0.2, 0.25) is 0 Å². The van der Waals surface area contributed by atoms with Crippen LogP contribution >= 0.6 is 0 Å². The summed E-state index contributed by atoms with van der Waals surface area (Å²) in [4.78, 5) is 13.2. The van der Waals surface area contributed by atoms with Gasteiger partial charge >= 0.3 is 5.97 Å². The first-order valence-electron chi connectivity index (χ1n) is 6.26. The summed E-state index contributed by atoms with van der Waals surface area (Å²) in [6.07, 6.45) is 2.68. The number of rotatable bonds is 8. The summed E-state index contributed by atoms with van der Waals surface area (Å²) in [5.41, 5.74) is 0. The first-order valence-corrected chi connectivity index (χ1v) is 6.26. The Balaban J connectivity index is 1.96. The molecule has 1 rings (SSSR count). The minimum absolute atomic E-state index is 0.0433. The topological polar surface area (TPSA) is 48.0 Å². The van der Waals surface area contributed by atoms with Crippen LogP contribution in [0.2, 0.25) is 0 Å². The Labute approximate surface area is 103 Å². The minimum Gasteiger partial charge on any atom is -0.464 e. The number of hydrogen-bond acceptors (Lipinski definition) is 5. The van der Waals surface area contributed by atoms with Crippen molar-refractivity contribution >= 4 is 5.97 Å². The Morgan fingerprint density at radius 2 is 2.35 bits per heavy atom. The van der Waals surface area contributed by atoms with Crippen LogP contribution in [0.1, 0.15) is 19.8 Å². The molecule has 0 radical (unpaired) electrons. The second kappa shape index (κ2) is 8.44. The van der Waals surface area contributed by atoms with Gasteiger partial charge in [0, 0.05) is 19.7 Å². The molecule has 0 aromatic carbocycles. The lowest BCUT2D eigenvalue weighted by Gasteiger charge is -2.20. The molecule has 0 aromatic rings. The van der Waals surface area contributed by atoms with Crippen molar-refractivity contribution in [3.05, 3.63) is 0 Å². The standard InChI is InChI=1S/C12H23NO4/c1-3-16-12(14)10-15-8-6-13(2)9-11-5-4-7-17-11/h11H,3-10H2,1-2H3. The van der Waals surface area contributed by atoms with Crippen LogP contribution in [0.4, 0.5) is 0 Å². The van der Waals surface area contributed by atoms with E-state index in [1.807, 2.05) is 7.05 Å². The predicted molar refractivity (Wildman–Crippen MR) is 63.9 cm³/mol. The van der Waals surface area contributed by atoms with E-state index < -0.39 is 0 Å². The van der Waals surface area contributed by atoms with Gasteiger partial charge in [-0.05, 0) is 26.8 Å². The second-order valence-electron chi connectivity index (χ2n) is 4.25. The number of carbonyl (C=O) groups is 1. The van der Waals surface area contributed by atoms with Gasteiger partial charge in [0.25, 0.3) is 0 Å². The third kappa shape index (κ3) is 6.61. The van der Waals surface area contributed by atoms with Gasteiger partial charge in [0.15, 0.2) is 0 Å². The largest absolute Gasteiger partial charge is 0.464 e. The fourth-order valence-corrected chi connectivity index (χ4v) is 1.81. The number of carbonyl (C=O) groups excluding carboxylic acids is 1. The van der Waals surface area contributed by atoms with Crippen molar-refractivity contribution in [2.45, 2.75) is 25.9 Å². The molecule has 0 spiro atoms. The average Bonchev–Trinajstić information content (AvgIpc) is 2.77. The van der Waals surface area contributed by atoms with Crippen LogP contribution in [0.25, 0.3) is 0 Å². The molecule has 17 heavy (non-hydrogen) atoms. The number of hydrogen-bond donors (Lipinski definition) is 0. The van der Waals surface area contributed by atoms with Crippen LogP contribution in [-0.2, 0) is 19.0 Å². The molecule has 1 aliphatic rings. The predicted octanol–water partition coefficient (Wildman–Crippen LogP) is 0.677. The van der Waals surface area contributed by atoms with E-state index in [2.05, 4.69) is 4.90 Å². The average molecular weight is 245 g/mol. The van der Waals surface area contributed by atoms with E-state index in [-0.39, 0.29) is 12.6 Å². The quantitative estimate of drug-likeness (QED) is 0.465. The maximum atomic E-state index is 11.0. The maximum Gasteiger partial charge on any atom is 0.332 e. The van der Waals surface area contributed by atoms with E-state index in [0.29, 0.717) is 19.3 Å².